The van der Waals surface area contributed by atoms with E-state index in [0.717, 1.165) is 22.4 Å². The maximum Gasteiger partial charge on any atom is 0.232 e. The van der Waals surface area contributed by atoms with Crippen LogP contribution < -0.4 is 14.2 Å². The molecule has 0 aliphatic carbocycles. The molecule has 0 saturated heterocycles. The van der Waals surface area contributed by atoms with Crippen LogP contribution in [-0.4, -0.2) is 12.9 Å². The van der Waals surface area contributed by atoms with Crippen LogP contribution in [0.2, 0.25) is 0 Å². The van der Waals surface area contributed by atoms with E-state index in [0.29, 0.717) is 29.4 Å². The summed E-state index contributed by atoms with van der Waals surface area (Å²) >= 11 is 0. The standard InChI is InChI=1S/C24H20O4/c1-16-12-20(27-15-18-6-4-3-5-7-18)14-21-23(16)24(25)22(28-21)13-17-8-10-19(26-2)11-9-17/h3-14H,15H2,1-2H3/b22-13-. The molecule has 4 rings (SSSR count). The van der Waals surface area contributed by atoms with Crippen molar-refractivity contribution in [3.05, 3.63) is 94.7 Å². The van der Waals surface area contributed by atoms with Crippen molar-refractivity contribution in [1.29, 1.82) is 0 Å². The zero-order chi connectivity index (χ0) is 19.5. The van der Waals surface area contributed by atoms with Gasteiger partial charge < -0.3 is 14.2 Å². The number of methoxy groups -OCH3 is 1. The summed E-state index contributed by atoms with van der Waals surface area (Å²) in [5.41, 5.74) is 3.38. The van der Waals surface area contributed by atoms with Gasteiger partial charge in [-0.15, -0.1) is 0 Å². The van der Waals surface area contributed by atoms with Gasteiger partial charge in [0.1, 0.15) is 23.9 Å². The van der Waals surface area contributed by atoms with E-state index in [-0.39, 0.29) is 5.78 Å². The quantitative estimate of drug-likeness (QED) is 0.578. The van der Waals surface area contributed by atoms with Crippen LogP contribution in [0.15, 0.2) is 72.5 Å². The lowest BCUT2D eigenvalue weighted by Crippen LogP contribution is -2.00. The van der Waals surface area contributed by atoms with E-state index in [2.05, 4.69) is 0 Å². The van der Waals surface area contributed by atoms with Crippen LogP contribution >= 0.6 is 0 Å². The summed E-state index contributed by atoms with van der Waals surface area (Å²) in [6.45, 7) is 2.35. The molecule has 0 atom stereocenters. The van der Waals surface area contributed by atoms with E-state index in [1.54, 1.807) is 19.3 Å². The minimum absolute atomic E-state index is 0.113. The van der Waals surface area contributed by atoms with Crippen LogP contribution in [0.1, 0.15) is 27.0 Å². The minimum Gasteiger partial charge on any atom is -0.497 e. The fourth-order valence-corrected chi connectivity index (χ4v) is 3.15. The Kier molecular flexibility index (Phi) is 4.85. The highest BCUT2D eigenvalue weighted by molar-refractivity contribution is 6.15. The Bertz CT molecular complexity index is 1030. The topological polar surface area (TPSA) is 44.8 Å². The molecule has 0 amide bonds. The number of ketones is 1. The number of hydrogen-bond acceptors (Lipinski definition) is 4. The number of carbonyl (C=O) groups is 1. The molecule has 0 N–H and O–H groups in total. The summed E-state index contributed by atoms with van der Waals surface area (Å²) in [7, 11) is 1.62. The van der Waals surface area contributed by atoms with E-state index in [4.69, 9.17) is 14.2 Å². The zero-order valence-electron chi connectivity index (χ0n) is 15.8. The van der Waals surface area contributed by atoms with Gasteiger partial charge in [-0.3, -0.25) is 4.79 Å². The van der Waals surface area contributed by atoms with Crippen LogP contribution in [0.4, 0.5) is 0 Å². The summed E-state index contributed by atoms with van der Waals surface area (Å²) in [4.78, 5) is 12.8. The van der Waals surface area contributed by atoms with Gasteiger partial charge in [-0.2, -0.15) is 0 Å². The molecule has 4 nitrogen and oxygen atoms in total. The fourth-order valence-electron chi connectivity index (χ4n) is 3.15. The predicted octanol–water partition coefficient (Wildman–Crippen LogP) is 5.20. The average Bonchev–Trinajstić information content (AvgIpc) is 3.03. The minimum atomic E-state index is -0.113. The second-order valence-electron chi connectivity index (χ2n) is 6.60. The van der Waals surface area contributed by atoms with Gasteiger partial charge in [0.15, 0.2) is 5.76 Å². The highest BCUT2D eigenvalue weighted by Gasteiger charge is 2.30. The van der Waals surface area contributed by atoms with Gasteiger partial charge in [-0.1, -0.05) is 42.5 Å². The second-order valence-corrected chi connectivity index (χ2v) is 6.60. The van der Waals surface area contributed by atoms with Gasteiger partial charge in [-0.25, -0.2) is 0 Å². The molecule has 3 aromatic carbocycles. The predicted molar refractivity (Wildman–Crippen MR) is 108 cm³/mol. The average molecular weight is 372 g/mol. The molecular weight excluding hydrogens is 352 g/mol. The van der Waals surface area contributed by atoms with Crippen LogP contribution in [0.25, 0.3) is 6.08 Å². The summed E-state index contributed by atoms with van der Waals surface area (Å²) < 4.78 is 16.9. The van der Waals surface area contributed by atoms with E-state index >= 15 is 0 Å². The third-order valence-electron chi connectivity index (χ3n) is 4.61. The van der Waals surface area contributed by atoms with Crippen LogP contribution in [0, 0.1) is 6.92 Å². The fraction of sp³-hybridized carbons (Fsp3) is 0.125. The van der Waals surface area contributed by atoms with E-state index < -0.39 is 0 Å². The van der Waals surface area contributed by atoms with Crippen molar-refractivity contribution in [2.45, 2.75) is 13.5 Å². The van der Waals surface area contributed by atoms with Gasteiger partial charge in [0, 0.05) is 6.07 Å². The Labute approximate surface area is 164 Å². The maximum atomic E-state index is 12.8. The lowest BCUT2D eigenvalue weighted by Gasteiger charge is -2.09. The number of allylic oxidation sites excluding steroid dienone is 1. The largest absolute Gasteiger partial charge is 0.497 e. The van der Waals surface area contributed by atoms with Crippen LogP contribution in [0.5, 0.6) is 17.2 Å². The molecular formula is C24H20O4. The molecule has 140 valence electrons. The highest BCUT2D eigenvalue weighted by Crippen LogP contribution is 2.37. The molecule has 28 heavy (non-hydrogen) atoms. The van der Waals surface area contributed by atoms with E-state index in [9.17, 15) is 4.79 Å². The van der Waals surface area contributed by atoms with Crippen molar-refractivity contribution in [1.82, 2.24) is 0 Å². The van der Waals surface area contributed by atoms with Crippen molar-refractivity contribution in [2.24, 2.45) is 0 Å². The summed E-state index contributed by atoms with van der Waals surface area (Å²) in [5.74, 6) is 2.17. The molecule has 0 saturated carbocycles. The number of aryl methyl sites for hydroxylation is 1. The lowest BCUT2D eigenvalue weighted by atomic mass is 10.0. The first-order valence-electron chi connectivity index (χ1n) is 9.04. The van der Waals surface area contributed by atoms with Crippen molar-refractivity contribution >= 4 is 11.9 Å². The van der Waals surface area contributed by atoms with Gasteiger partial charge in [0.2, 0.25) is 5.78 Å². The Hall–Kier alpha value is -3.53. The lowest BCUT2D eigenvalue weighted by molar-refractivity contribution is 0.101. The summed E-state index contributed by atoms with van der Waals surface area (Å²) in [6, 6.07) is 21.1. The number of Topliss-reactive ketones (excluding diaryl/α,β-unsaturated/α-hetero) is 1. The number of ether oxygens (including phenoxy) is 3. The van der Waals surface area contributed by atoms with Gasteiger partial charge in [0.05, 0.1) is 12.7 Å². The Balaban J connectivity index is 1.55. The molecule has 0 radical (unpaired) electrons. The molecule has 0 fully saturated rings. The van der Waals surface area contributed by atoms with Gasteiger partial charge in [-0.05, 0) is 47.9 Å². The highest BCUT2D eigenvalue weighted by atomic mass is 16.5. The zero-order valence-corrected chi connectivity index (χ0v) is 15.8. The number of rotatable bonds is 5. The summed E-state index contributed by atoms with van der Waals surface area (Å²) in [5, 5.41) is 0. The molecule has 0 unspecified atom stereocenters. The Morgan fingerprint density at radius 2 is 1.71 bits per heavy atom. The SMILES string of the molecule is COc1ccc(/C=C2\Oc3cc(OCc4ccccc4)cc(C)c3C2=O)cc1. The number of benzene rings is 3. The third kappa shape index (κ3) is 3.62. The Morgan fingerprint density at radius 1 is 0.964 bits per heavy atom. The van der Waals surface area contributed by atoms with Crippen molar-refractivity contribution < 1.29 is 19.0 Å². The monoisotopic (exact) mass is 372 g/mol. The van der Waals surface area contributed by atoms with Gasteiger partial charge >= 0.3 is 0 Å². The second kappa shape index (κ2) is 7.61. The van der Waals surface area contributed by atoms with E-state index in [1.807, 2.05) is 67.6 Å². The molecule has 0 spiro atoms. The summed E-state index contributed by atoms with van der Waals surface area (Å²) in [6.07, 6.45) is 1.74. The first-order valence-corrected chi connectivity index (χ1v) is 9.04. The third-order valence-corrected chi connectivity index (χ3v) is 4.61. The van der Waals surface area contributed by atoms with Gasteiger partial charge in [0.25, 0.3) is 0 Å². The maximum absolute atomic E-state index is 12.8. The molecule has 3 aromatic rings. The smallest absolute Gasteiger partial charge is 0.232 e. The molecule has 0 aromatic heterocycles. The molecule has 0 bridgehead atoms. The first kappa shape index (κ1) is 17.9. The number of hydrogen-bond donors (Lipinski definition) is 0. The van der Waals surface area contributed by atoms with Crippen LogP contribution in [-0.2, 0) is 6.61 Å². The van der Waals surface area contributed by atoms with Crippen molar-refractivity contribution in [3.63, 3.8) is 0 Å². The molecule has 1 aliphatic heterocycles. The first-order chi connectivity index (χ1) is 13.6. The van der Waals surface area contributed by atoms with E-state index in [1.165, 1.54) is 0 Å². The molecule has 4 heteroatoms. The van der Waals surface area contributed by atoms with Crippen molar-refractivity contribution in [2.75, 3.05) is 7.11 Å². The van der Waals surface area contributed by atoms with Crippen molar-refractivity contribution in [3.8, 4) is 17.2 Å². The normalized spacial score (nSPS) is 13.9. The Morgan fingerprint density at radius 3 is 2.43 bits per heavy atom. The number of fused-ring (bicyclic) bond motifs is 1. The molecule has 1 heterocycles. The van der Waals surface area contributed by atoms with Crippen LogP contribution in [0.3, 0.4) is 0 Å². The number of carbonyl (C=O) groups excluding carboxylic acids is 1. The molecule has 1 aliphatic rings.